The van der Waals surface area contributed by atoms with Crippen LogP contribution in [-0.4, -0.2) is 96.7 Å². The molecule has 8 atom stereocenters. The zero-order valence-corrected chi connectivity index (χ0v) is 62.7. The predicted molar refractivity (Wildman–Crippen MR) is 377 cm³/mol. The number of aliphatic hydroxyl groups excluding tert-OH is 1. The van der Waals surface area contributed by atoms with Crippen molar-refractivity contribution < 1.29 is 80.2 Å². The molecule has 0 fully saturated rings. The number of phosphoric ester groups is 2. The van der Waals surface area contributed by atoms with Crippen molar-refractivity contribution >= 4 is 39.5 Å². The summed E-state index contributed by atoms with van der Waals surface area (Å²) in [7, 11) is -9.91. The molecule has 0 aromatic heterocycles. The van der Waals surface area contributed by atoms with Gasteiger partial charge in [-0.05, 0) is 49.4 Å². The van der Waals surface area contributed by atoms with Gasteiger partial charge < -0.3 is 33.8 Å². The Kier molecular flexibility index (Phi) is 62.2. The summed E-state index contributed by atoms with van der Waals surface area (Å²) in [5.41, 5.74) is 0. The zero-order valence-electron chi connectivity index (χ0n) is 60.9. The van der Waals surface area contributed by atoms with Crippen molar-refractivity contribution in [2.75, 3.05) is 39.6 Å². The van der Waals surface area contributed by atoms with E-state index in [1.807, 2.05) is 0 Å². The van der Waals surface area contributed by atoms with Gasteiger partial charge in [-0.15, -0.1) is 0 Å². The Morgan fingerprint density at radius 1 is 0.301 bits per heavy atom. The van der Waals surface area contributed by atoms with Crippen molar-refractivity contribution in [3.8, 4) is 0 Å². The molecule has 552 valence electrons. The molecule has 0 aliphatic rings. The molecule has 0 saturated heterocycles. The van der Waals surface area contributed by atoms with Crippen LogP contribution in [-0.2, 0) is 65.4 Å². The van der Waals surface area contributed by atoms with Crippen LogP contribution >= 0.6 is 15.6 Å². The second-order valence-corrected chi connectivity index (χ2v) is 30.8. The quantitative estimate of drug-likeness (QED) is 0.0222. The molecule has 0 rings (SSSR count). The summed E-state index contributed by atoms with van der Waals surface area (Å²) in [6.45, 7) is 14.1. The van der Waals surface area contributed by atoms with Crippen LogP contribution in [0.15, 0.2) is 0 Å². The SMILES string of the molecule is CCC(C)CCCCCCCCCCCCC(=O)OC[C@H](COP(=O)(O)OC[C@@H](O)COP(=O)(O)OC[C@@H](COC(=O)CCCCCCCCC(C)CC)OC(=O)CCCCCCCCC(C)CC)OC(=O)CCCCCCCCCCCCCCCCCCC(C)C. The molecule has 17 nitrogen and oxygen atoms in total. The second-order valence-electron chi connectivity index (χ2n) is 27.9. The minimum absolute atomic E-state index is 0.102. The maximum absolute atomic E-state index is 13.1. The highest BCUT2D eigenvalue weighted by molar-refractivity contribution is 7.47. The van der Waals surface area contributed by atoms with Crippen LogP contribution in [0.2, 0.25) is 0 Å². The third kappa shape index (κ3) is 64.5. The van der Waals surface area contributed by atoms with Crippen LogP contribution in [0.4, 0.5) is 0 Å². The molecule has 0 bridgehead atoms. The van der Waals surface area contributed by atoms with Gasteiger partial charge in [-0.1, -0.05) is 319 Å². The molecule has 0 heterocycles. The van der Waals surface area contributed by atoms with Crippen molar-refractivity contribution in [3.05, 3.63) is 0 Å². The molecule has 0 aromatic carbocycles. The number of rotatable bonds is 71. The van der Waals surface area contributed by atoms with Crippen molar-refractivity contribution in [2.24, 2.45) is 23.7 Å². The fourth-order valence-electron chi connectivity index (χ4n) is 11.1. The highest BCUT2D eigenvalue weighted by Crippen LogP contribution is 2.45. The lowest BCUT2D eigenvalue weighted by atomic mass is 9.99. The standard InChI is InChI=1S/C74H144O17P2/c1-9-65(6)51-43-35-27-23-20-21-24-28-38-46-54-71(76)84-60-69(90-73(78)56-48-40-29-25-19-17-15-13-12-14-16-18-22-26-34-42-50-64(4)5)62-88-92(80,81)86-58-68(75)59-87-93(82,83)89-63-70(91-74(79)57-49-41-33-31-37-45-53-67(8)11-3)61-85-72(77)55-47-39-32-30-36-44-52-66(7)10-2/h64-70,75H,9-63H2,1-8H3,(H,80,81)(H,82,83)/t65?,66?,67?,68-,69-,70-/m1/s1. The maximum Gasteiger partial charge on any atom is 0.472 e. The van der Waals surface area contributed by atoms with Crippen LogP contribution in [0.3, 0.4) is 0 Å². The number of phosphoric acid groups is 2. The lowest BCUT2D eigenvalue weighted by Crippen LogP contribution is -2.30. The first-order chi connectivity index (χ1) is 44.7. The van der Waals surface area contributed by atoms with Crippen molar-refractivity contribution in [1.82, 2.24) is 0 Å². The second kappa shape index (κ2) is 63.5. The zero-order chi connectivity index (χ0) is 68.9. The van der Waals surface area contributed by atoms with Crippen LogP contribution < -0.4 is 0 Å². The number of esters is 4. The third-order valence-electron chi connectivity index (χ3n) is 18.2. The average Bonchev–Trinajstić information content (AvgIpc) is 3.73. The average molecular weight is 1370 g/mol. The predicted octanol–water partition coefficient (Wildman–Crippen LogP) is 21.3. The van der Waals surface area contributed by atoms with Crippen LogP contribution in [0.1, 0.15) is 370 Å². The van der Waals surface area contributed by atoms with Gasteiger partial charge in [0.05, 0.1) is 26.4 Å². The molecule has 93 heavy (non-hydrogen) atoms. The number of aliphatic hydroxyl groups is 1. The molecule has 3 N–H and O–H groups in total. The van der Waals surface area contributed by atoms with Gasteiger partial charge in [0.15, 0.2) is 12.2 Å². The summed E-state index contributed by atoms with van der Waals surface area (Å²) >= 11 is 0. The van der Waals surface area contributed by atoms with Crippen molar-refractivity contribution in [3.63, 3.8) is 0 Å². The molecule has 0 spiro atoms. The Morgan fingerprint density at radius 2 is 0.516 bits per heavy atom. The summed E-state index contributed by atoms with van der Waals surface area (Å²) in [5, 5.41) is 10.6. The van der Waals surface area contributed by atoms with E-state index >= 15 is 0 Å². The number of carbonyl (C=O) groups excluding carboxylic acids is 4. The van der Waals surface area contributed by atoms with E-state index in [9.17, 15) is 43.2 Å². The van der Waals surface area contributed by atoms with Crippen LogP contribution in [0.5, 0.6) is 0 Å². The molecule has 0 amide bonds. The van der Waals surface area contributed by atoms with Gasteiger partial charge in [0, 0.05) is 25.7 Å². The van der Waals surface area contributed by atoms with E-state index in [1.54, 1.807) is 0 Å². The van der Waals surface area contributed by atoms with Crippen molar-refractivity contribution in [2.45, 2.75) is 388 Å². The topological polar surface area (TPSA) is 237 Å². The number of hydrogen-bond acceptors (Lipinski definition) is 15. The molecule has 19 heteroatoms. The fraction of sp³-hybridized carbons (Fsp3) is 0.946. The molecule has 5 unspecified atom stereocenters. The van der Waals surface area contributed by atoms with E-state index < -0.39 is 97.5 Å². The Hall–Kier alpha value is -1.94. The lowest BCUT2D eigenvalue weighted by Gasteiger charge is -2.21. The lowest BCUT2D eigenvalue weighted by molar-refractivity contribution is -0.161. The van der Waals surface area contributed by atoms with Gasteiger partial charge >= 0.3 is 39.5 Å². The maximum atomic E-state index is 13.1. The highest BCUT2D eigenvalue weighted by Gasteiger charge is 2.30. The Bertz CT molecular complexity index is 1840. The fourth-order valence-corrected chi connectivity index (χ4v) is 12.7. The summed E-state index contributed by atoms with van der Waals surface area (Å²) < 4.78 is 68.4. The summed E-state index contributed by atoms with van der Waals surface area (Å²) in [5.74, 6) is 0.942. The van der Waals surface area contributed by atoms with E-state index in [4.69, 9.17) is 37.0 Å². The normalized spacial score (nSPS) is 15.1. The van der Waals surface area contributed by atoms with Gasteiger partial charge in [0.2, 0.25) is 0 Å². The Labute approximate surface area is 568 Å². The van der Waals surface area contributed by atoms with E-state index in [-0.39, 0.29) is 25.7 Å². The van der Waals surface area contributed by atoms with E-state index in [2.05, 4.69) is 55.4 Å². The summed E-state index contributed by atoms with van der Waals surface area (Å²) in [6, 6.07) is 0. The number of hydrogen-bond donors (Lipinski definition) is 3. The minimum atomic E-state index is -4.96. The monoisotopic (exact) mass is 1370 g/mol. The number of ether oxygens (including phenoxy) is 4. The van der Waals surface area contributed by atoms with Crippen molar-refractivity contribution in [1.29, 1.82) is 0 Å². The largest absolute Gasteiger partial charge is 0.472 e. The molecule has 0 radical (unpaired) electrons. The van der Waals surface area contributed by atoms with Gasteiger partial charge in [-0.3, -0.25) is 37.3 Å². The number of unbranched alkanes of at least 4 members (excludes halogenated alkanes) is 34. The minimum Gasteiger partial charge on any atom is -0.462 e. The van der Waals surface area contributed by atoms with Gasteiger partial charge in [-0.2, -0.15) is 0 Å². The molecule has 0 aliphatic heterocycles. The third-order valence-corrected chi connectivity index (χ3v) is 20.1. The van der Waals surface area contributed by atoms with Gasteiger partial charge in [-0.25, -0.2) is 9.13 Å². The van der Waals surface area contributed by atoms with E-state index in [1.165, 1.54) is 167 Å². The van der Waals surface area contributed by atoms with Crippen LogP contribution in [0, 0.1) is 23.7 Å². The molecular formula is C74H144O17P2. The Balaban J connectivity index is 5.24. The van der Waals surface area contributed by atoms with Gasteiger partial charge in [0.25, 0.3) is 0 Å². The summed E-state index contributed by atoms with van der Waals surface area (Å²) in [6.07, 6.45) is 47.2. The van der Waals surface area contributed by atoms with E-state index in [0.29, 0.717) is 25.7 Å². The van der Waals surface area contributed by atoms with Crippen LogP contribution in [0.25, 0.3) is 0 Å². The van der Waals surface area contributed by atoms with E-state index in [0.717, 1.165) is 120 Å². The Morgan fingerprint density at radius 3 is 0.763 bits per heavy atom. The summed E-state index contributed by atoms with van der Waals surface area (Å²) in [4.78, 5) is 72.7. The molecule has 0 saturated carbocycles. The first-order valence-electron chi connectivity index (χ1n) is 38.3. The smallest absolute Gasteiger partial charge is 0.462 e. The number of carbonyl (C=O) groups is 4. The molecule has 0 aliphatic carbocycles. The first-order valence-corrected chi connectivity index (χ1v) is 41.3. The first kappa shape index (κ1) is 91.1. The molecule has 0 aromatic rings. The molecular weight excluding hydrogens is 1220 g/mol. The highest BCUT2D eigenvalue weighted by atomic mass is 31.2. The van der Waals surface area contributed by atoms with Gasteiger partial charge in [0.1, 0.15) is 19.3 Å².